The fourth-order valence-electron chi connectivity index (χ4n) is 3.88. The molecule has 0 saturated heterocycles. The highest BCUT2D eigenvalue weighted by Crippen LogP contribution is 2.27. The number of carbonyl (C=O) groups is 1. The summed E-state index contributed by atoms with van der Waals surface area (Å²) >= 11 is 6.36. The van der Waals surface area contributed by atoms with E-state index in [-0.39, 0.29) is 0 Å². The minimum atomic E-state index is -0.931. The van der Waals surface area contributed by atoms with E-state index >= 15 is 0 Å². The molecule has 36 heavy (non-hydrogen) atoms. The Hall–Kier alpha value is -1.98. The van der Waals surface area contributed by atoms with E-state index in [0.29, 0.717) is 35.3 Å². The molecule has 2 aromatic rings. The van der Waals surface area contributed by atoms with Gasteiger partial charge < -0.3 is 14.2 Å². The van der Waals surface area contributed by atoms with Gasteiger partial charge in [0.15, 0.2) is 0 Å². The lowest BCUT2D eigenvalue weighted by Gasteiger charge is -2.15. The summed E-state index contributed by atoms with van der Waals surface area (Å²) in [5, 5.41) is 0.418. The van der Waals surface area contributed by atoms with E-state index in [2.05, 4.69) is 26.6 Å². The number of halogens is 1. The standard InChI is InChI=1S/C30H45ClO4Si/c1-5-6-7-8-9-12-21-33-26-16-18-27(19-17-26)35-30(32)25-15-20-29(28(31)24-25)34-22-13-10-11-14-23-36(2,3)4/h15-20,24H,5-14,21-23H2,1-4H3. The van der Waals surface area contributed by atoms with Gasteiger partial charge in [-0.3, -0.25) is 0 Å². The van der Waals surface area contributed by atoms with E-state index < -0.39 is 14.0 Å². The number of carbonyl (C=O) groups excluding carboxylic acids is 1. The Labute approximate surface area is 224 Å². The summed E-state index contributed by atoms with van der Waals surface area (Å²) in [4.78, 5) is 12.6. The Kier molecular flexibility index (Phi) is 14.0. The van der Waals surface area contributed by atoms with Crippen LogP contribution in [0.2, 0.25) is 30.7 Å². The fraction of sp³-hybridized carbons (Fsp3) is 0.567. The first-order chi connectivity index (χ1) is 17.3. The van der Waals surface area contributed by atoms with Gasteiger partial charge in [-0.2, -0.15) is 0 Å². The van der Waals surface area contributed by atoms with Gasteiger partial charge in [-0.05, 0) is 55.3 Å². The molecule has 0 amide bonds. The maximum Gasteiger partial charge on any atom is 0.343 e. The second-order valence-corrected chi connectivity index (χ2v) is 16.7. The maximum absolute atomic E-state index is 12.6. The van der Waals surface area contributed by atoms with Gasteiger partial charge >= 0.3 is 5.97 Å². The molecule has 0 N–H and O–H groups in total. The van der Waals surface area contributed by atoms with Crippen molar-refractivity contribution >= 4 is 25.6 Å². The molecular formula is C30H45ClO4Si. The van der Waals surface area contributed by atoms with Gasteiger partial charge in [0.1, 0.15) is 17.2 Å². The molecule has 200 valence electrons. The van der Waals surface area contributed by atoms with Crippen LogP contribution in [0.5, 0.6) is 17.2 Å². The number of hydrogen-bond acceptors (Lipinski definition) is 4. The molecule has 2 rings (SSSR count). The normalized spacial score (nSPS) is 11.4. The summed E-state index contributed by atoms with van der Waals surface area (Å²) in [6.45, 7) is 10.8. The lowest BCUT2D eigenvalue weighted by molar-refractivity contribution is 0.0734. The molecule has 0 bridgehead atoms. The van der Waals surface area contributed by atoms with E-state index in [9.17, 15) is 4.79 Å². The number of esters is 1. The molecule has 0 fully saturated rings. The minimum Gasteiger partial charge on any atom is -0.494 e. The summed E-state index contributed by atoms with van der Waals surface area (Å²) in [5.74, 6) is 1.40. The van der Waals surface area contributed by atoms with E-state index in [1.807, 2.05) is 12.1 Å². The van der Waals surface area contributed by atoms with E-state index in [4.69, 9.17) is 25.8 Å². The average molecular weight is 533 g/mol. The van der Waals surface area contributed by atoms with Crippen LogP contribution in [-0.2, 0) is 0 Å². The van der Waals surface area contributed by atoms with Gasteiger partial charge in [-0.15, -0.1) is 0 Å². The van der Waals surface area contributed by atoms with Gasteiger partial charge in [-0.1, -0.05) is 95.6 Å². The van der Waals surface area contributed by atoms with Crippen LogP contribution in [0.25, 0.3) is 0 Å². The third-order valence-corrected chi connectivity index (χ3v) is 8.20. The molecule has 0 aliphatic carbocycles. The van der Waals surface area contributed by atoms with Crippen molar-refractivity contribution in [3.05, 3.63) is 53.1 Å². The summed E-state index contributed by atoms with van der Waals surface area (Å²) < 4.78 is 17.1. The Morgan fingerprint density at radius 1 is 0.750 bits per heavy atom. The van der Waals surface area contributed by atoms with Crippen molar-refractivity contribution in [2.45, 2.75) is 96.8 Å². The van der Waals surface area contributed by atoms with Crippen LogP contribution in [0, 0.1) is 0 Å². The molecule has 0 spiro atoms. The van der Waals surface area contributed by atoms with Crippen LogP contribution in [0.3, 0.4) is 0 Å². The topological polar surface area (TPSA) is 44.8 Å². The molecule has 0 aromatic heterocycles. The molecule has 0 heterocycles. The van der Waals surface area contributed by atoms with Crippen LogP contribution in [0.15, 0.2) is 42.5 Å². The van der Waals surface area contributed by atoms with Crippen molar-refractivity contribution in [3.63, 3.8) is 0 Å². The number of benzene rings is 2. The number of unbranched alkanes of at least 4 members (excludes halogenated alkanes) is 8. The van der Waals surface area contributed by atoms with E-state index in [1.54, 1.807) is 30.3 Å². The SMILES string of the molecule is CCCCCCCCOc1ccc(OC(=O)c2ccc(OCCCCCC[Si](C)(C)C)c(Cl)c2)cc1. The van der Waals surface area contributed by atoms with Crippen LogP contribution < -0.4 is 14.2 Å². The highest BCUT2D eigenvalue weighted by Gasteiger charge is 2.13. The van der Waals surface area contributed by atoms with Gasteiger partial charge in [0.05, 0.1) is 23.8 Å². The molecule has 0 atom stereocenters. The van der Waals surface area contributed by atoms with Crippen molar-refractivity contribution in [2.24, 2.45) is 0 Å². The summed E-state index contributed by atoms with van der Waals surface area (Å²) in [7, 11) is -0.931. The van der Waals surface area contributed by atoms with E-state index in [1.165, 1.54) is 51.0 Å². The second-order valence-electron chi connectivity index (χ2n) is 10.7. The Morgan fingerprint density at radius 3 is 1.97 bits per heavy atom. The van der Waals surface area contributed by atoms with Gasteiger partial charge in [0.25, 0.3) is 0 Å². The monoisotopic (exact) mass is 532 g/mol. The summed E-state index contributed by atoms with van der Waals surface area (Å²) in [5.41, 5.74) is 0.391. The van der Waals surface area contributed by atoms with Crippen molar-refractivity contribution < 1.29 is 19.0 Å². The van der Waals surface area contributed by atoms with Crippen molar-refractivity contribution in [1.29, 1.82) is 0 Å². The predicted octanol–water partition coefficient (Wildman–Crippen LogP) is 9.58. The molecule has 0 radical (unpaired) electrons. The molecule has 0 aliphatic rings. The van der Waals surface area contributed by atoms with Crippen LogP contribution >= 0.6 is 11.6 Å². The van der Waals surface area contributed by atoms with E-state index in [0.717, 1.165) is 25.0 Å². The average Bonchev–Trinajstić information content (AvgIpc) is 2.84. The zero-order chi connectivity index (χ0) is 26.2. The molecular weight excluding hydrogens is 488 g/mol. The molecule has 2 aromatic carbocycles. The molecule has 6 heteroatoms. The van der Waals surface area contributed by atoms with Crippen LogP contribution in [0.4, 0.5) is 0 Å². The Morgan fingerprint density at radius 2 is 1.33 bits per heavy atom. The number of hydrogen-bond donors (Lipinski definition) is 0. The third kappa shape index (κ3) is 12.8. The Bertz CT molecular complexity index is 893. The van der Waals surface area contributed by atoms with Crippen molar-refractivity contribution in [3.8, 4) is 17.2 Å². The summed E-state index contributed by atoms with van der Waals surface area (Å²) in [6.07, 6.45) is 12.1. The van der Waals surface area contributed by atoms with Crippen molar-refractivity contribution in [1.82, 2.24) is 0 Å². The van der Waals surface area contributed by atoms with Gasteiger partial charge in [0.2, 0.25) is 0 Å². The zero-order valence-electron chi connectivity index (χ0n) is 22.7. The minimum absolute atomic E-state index is 0.391. The van der Waals surface area contributed by atoms with Gasteiger partial charge in [-0.25, -0.2) is 4.79 Å². The third-order valence-electron chi connectivity index (χ3n) is 6.05. The fourth-order valence-corrected chi connectivity index (χ4v) is 5.43. The quantitative estimate of drug-likeness (QED) is 0.0829. The molecule has 0 aliphatic heterocycles. The maximum atomic E-state index is 12.6. The smallest absolute Gasteiger partial charge is 0.343 e. The largest absolute Gasteiger partial charge is 0.494 e. The summed E-state index contributed by atoms with van der Waals surface area (Å²) in [6, 6.07) is 13.6. The van der Waals surface area contributed by atoms with Crippen LogP contribution in [0.1, 0.15) is 81.5 Å². The highest BCUT2D eigenvalue weighted by atomic mass is 35.5. The highest BCUT2D eigenvalue weighted by molar-refractivity contribution is 6.76. The zero-order valence-corrected chi connectivity index (χ0v) is 24.5. The lowest BCUT2D eigenvalue weighted by Crippen LogP contribution is -2.18. The lowest BCUT2D eigenvalue weighted by atomic mass is 10.1. The second kappa shape index (κ2) is 16.7. The number of ether oxygens (including phenoxy) is 3. The first kappa shape index (κ1) is 30.2. The van der Waals surface area contributed by atoms with Crippen molar-refractivity contribution in [2.75, 3.05) is 13.2 Å². The molecule has 4 nitrogen and oxygen atoms in total. The Balaban J connectivity index is 1.70. The number of rotatable bonds is 18. The first-order valence-corrected chi connectivity index (χ1v) is 17.7. The molecule has 0 saturated carbocycles. The predicted molar refractivity (Wildman–Crippen MR) is 154 cm³/mol. The van der Waals surface area contributed by atoms with Crippen LogP contribution in [-0.4, -0.2) is 27.3 Å². The first-order valence-electron chi connectivity index (χ1n) is 13.7. The van der Waals surface area contributed by atoms with Gasteiger partial charge in [0, 0.05) is 8.07 Å². The molecule has 0 unspecified atom stereocenters.